The molecule has 1 aromatic carbocycles. The van der Waals surface area contributed by atoms with E-state index in [0.717, 1.165) is 15.8 Å². The summed E-state index contributed by atoms with van der Waals surface area (Å²) in [6, 6.07) is 5.79. The third kappa shape index (κ3) is 1.97. The smallest absolute Gasteiger partial charge is 0.292 e. The van der Waals surface area contributed by atoms with Crippen LogP contribution in [0.5, 0.6) is 5.75 Å². The van der Waals surface area contributed by atoms with Crippen LogP contribution in [0.15, 0.2) is 33.3 Å². The number of aromatic nitrogens is 1. The van der Waals surface area contributed by atoms with Crippen LogP contribution in [0.1, 0.15) is 0 Å². The van der Waals surface area contributed by atoms with Gasteiger partial charge in [0.25, 0.3) is 6.01 Å². The SMILES string of the molecule is COc1cc(-c2cnc(N)o2)ccc1Br. The molecule has 0 aliphatic heterocycles. The molecule has 5 heteroatoms. The molecule has 0 atom stereocenters. The van der Waals surface area contributed by atoms with E-state index in [1.165, 1.54) is 0 Å². The van der Waals surface area contributed by atoms with Crippen LogP contribution in [0.4, 0.5) is 6.01 Å². The molecule has 0 spiro atoms. The van der Waals surface area contributed by atoms with Gasteiger partial charge in [-0.05, 0) is 34.1 Å². The van der Waals surface area contributed by atoms with Gasteiger partial charge in [-0.2, -0.15) is 0 Å². The molecule has 2 N–H and O–H groups in total. The van der Waals surface area contributed by atoms with Gasteiger partial charge in [-0.25, -0.2) is 4.98 Å². The quantitative estimate of drug-likeness (QED) is 0.910. The van der Waals surface area contributed by atoms with Crippen molar-refractivity contribution >= 4 is 21.9 Å². The summed E-state index contributed by atoms with van der Waals surface area (Å²) in [6.45, 7) is 0. The minimum atomic E-state index is 0.159. The van der Waals surface area contributed by atoms with Crippen molar-refractivity contribution < 1.29 is 9.15 Å². The summed E-state index contributed by atoms with van der Waals surface area (Å²) in [5, 5.41) is 0. The van der Waals surface area contributed by atoms with Crippen molar-refractivity contribution in [2.75, 3.05) is 12.8 Å². The molecule has 0 amide bonds. The molecule has 2 rings (SSSR count). The Balaban J connectivity index is 2.45. The molecule has 0 aliphatic carbocycles. The summed E-state index contributed by atoms with van der Waals surface area (Å²) in [4.78, 5) is 3.83. The molecule has 0 saturated carbocycles. The minimum Gasteiger partial charge on any atom is -0.496 e. The number of anilines is 1. The first-order valence-electron chi connectivity index (χ1n) is 4.26. The minimum absolute atomic E-state index is 0.159. The second kappa shape index (κ2) is 3.94. The Morgan fingerprint density at radius 2 is 2.27 bits per heavy atom. The van der Waals surface area contributed by atoms with E-state index < -0.39 is 0 Å². The van der Waals surface area contributed by atoms with Crippen LogP contribution >= 0.6 is 15.9 Å². The molecule has 2 aromatic rings. The predicted octanol–water partition coefficient (Wildman–Crippen LogP) is 2.69. The Hall–Kier alpha value is -1.49. The third-order valence-electron chi connectivity index (χ3n) is 1.96. The van der Waals surface area contributed by atoms with E-state index >= 15 is 0 Å². The highest BCUT2D eigenvalue weighted by Crippen LogP contribution is 2.31. The fraction of sp³-hybridized carbons (Fsp3) is 0.100. The van der Waals surface area contributed by atoms with Crippen LogP contribution in [0.3, 0.4) is 0 Å². The third-order valence-corrected chi connectivity index (χ3v) is 2.61. The molecule has 0 radical (unpaired) electrons. The van der Waals surface area contributed by atoms with E-state index in [4.69, 9.17) is 14.9 Å². The predicted molar refractivity (Wildman–Crippen MR) is 60.6 cm³/mol. The van der Waals surface area contributed by atoms with Gasteiger partial charge in [0, 0.05) is 5.56 Å². The van der Waals surface area contributed by atoms with Crippen LogP contribution in [-0.2, 0) is 0 Å². The van der Waals surface area contributed by atoms with Gasteiger partial charge in [-0.1, -0.05) is 0 Å². The van der Waals surface area contributed by atoms with Crippen LogP contribution < -0.4 is 10.5 Å². The van der Waals surface area contributed by atoms with Crippen molar-refractivity contribution in [1.29, 1.82) is 0 Å². The summed E-state index contributed by atoms with van der Waals surface area (Å²) in [5.41, 5.74) is 6.27. The van der Waals surface area contributed by atoms with Gasteiger partial charge < -0.3 is 14.9 Å². The van der Waals surface area contributed by atoms with E-state index in [-0.39, 0.29) is 6.01 Å². The lowest BCUT2D eigenvalue weighted by Crippen LogP contribution is -1.85. The van der Waals surface area contributed by atoms with Crippen molar-refractivity contribution in [2.45, 2.75) is 0 Å². The lowest BCUT2D eigenvalue weighted by atomic mass is 10.2. The highest BCUT2D eigenvalue weighted by molar-refractivity contribution is 9.10. The Labute approximate surface area is 95.2 Å². The zero-order chi connectivity index (χ0) is 10.8. The molecule has 1 heterocycles. The maximum absolute atomic E-state index is 5.40. The van der Waals surface area contributed by atoms with Gasteiger partial charge in [0.1, 0.15) is 5.75 Å². The first-order valence-corrected chi connectivity index (χ1v) is 5.05. The zero-order valence-electron chi connectivity index (χ0n) is 8.03. The van der Waals surface area contributed by atoms with Crippen molar-refractivity contribution in [3.63, 3.8) is 0 Å². The van der Waals surface area contributed by atoms with E-state index in [1.54, 1.807) is 13.3 Å². The fourth-order valence-electron chi connectivity index (χ4n) is 1.23. The summed E-state index contributed by atoms with van der Waals surface area (Å²) >= 11 is 3.37. The number of nitrogen functional groups attached to an aromatic ring is 1. The maximum atomic E-state index is 5.40. The highest BCUT2D eigenvalue weighted by atomic mass is 79.9. The van der Waals surface area contributed by atoms with E-state index in [1.807, 2.05) is 18.2 Å². The Kier molecular flexibility index (Phi) is 2.64. The number of ether oxygens (including phenoxy) is 1. The number of rotatable bonds is 2. The van der Waals surface area contributed by atoms with E-state index in [0.29, 0.717) is 5.76 Å². The number of hydrogen-bond acceptors (Lipinski definition) is 4. The standard InChI is InChI=1S/C10H9BrN2O2/c1-14-8-4-6(2-3-7(8)11)9-5-13-10(12)15-9/h2-5H,1H3,(H2,12,13). The highest BCUT2D eigenvalue weighted by Gasteiger charge is 2.07. The van der Waals surface area contributed by atoms with Gasteiger partial charge in [-0.3, -0.25) is 0 Å². The summed E-state index contributed by atoms with van der Waals surface area (Å²) in [7, 11) is 1.61. The first-order chi connectivity index (χ1) is 7.20. The van der Waals surface area contributed by atoms with Crippen LogP contribution in [0, 0.1) is 0 Å². The molecule has 0 unspecified atom stereocenters. The first kappa shape index (κ1) is 10.0. The second-order valence-corrected chi connectivity index (χ2v) is 3.77. The number of oxazole rings is 1. The molecule has 78 valence electrons. The average Bonchev–Trinajstić information content (AvgIpc) is 2.66. The van der Waals surface area contributed by atoms with Crippen molar-refractivity contribution in [1.82, 2.24) is 4.98 Å². The van der Waals surface area contributed by atoms with E-state index in [2.05, 4.69) is 20.9 Å². The zero-order valence-corrected chi connectivity index (χ0v) is 9.61. The maximum Gasteiger partial charge on any atom is 0.292 e. The van der Waals surface area contributed by atoms with E-state index in [9.17, 15) is 0 Å². The number of halogens is 1. The molecular formula is C10H9BrN2O2. The molecule has 0 fully saturated rings. The molecule has 4 nitrogen and oxygen atoms in total. The van der Waals surface area contributed by atoms with Crippen molar-refractivity contribution in [3.8, 4) is 17.1 Å². The number of nitrogens with zero attached hydrogens (tertiary/aromatic N) is 1. The molecule has 15 heavy (non-hydrogen) atoms. The summed E-state index contributed by atoms with van der Waals surface area (Å²) < 4.78 is 11.3. The van der Waals surface area contributed by atoms with Crippen LogP contribution in [0.25, 0.3) is 11.3 Å². The van der Waals surface area contributed by atoms with Gasteiger partial charge in [-0.15, -0.1) is 0 Å². The van der Waals surface area contributed by atoms with Gasteiger partial charge in [0.05, 0.1) is 17.8 Å². The Morgan fingerprint density at radius 1 is 1.47 bits per heavy atom. The fourth-order valence-corrected chi connectivity index (χ4v) is 1.64. The van der Waals surface area contributed by atoms with Gasteiger partial charge in [0.15, 0.2) is 5.76 Å². The number of methoxy groups -OCH3 is 1. The number of nitrogens with two attached hydrogens (primary N) is 1. The van der Waals surface area contributed by atoms with Crippen molar-refractivity contribution in [2.24, 2.45) is 0 Å². The van der Waals surface area contributed by atoms with Crippen LogP contribution in [-0.4, -0.2) is 12.1 Å². The lowest BCUT2D eigenvalue weighted by molar-refractivity contribution is 0.412. The molecular weight excluding hydrogens is 260 g/mol. The number of hydrogen-bond donors (Lipinski definition) is 1. The molecule has 1 aromatic heterocycles. The molecule has 0 bridgehead atoms. The Bertz CT molecular complexity index is 482. The lowest BCUT2D eigenvalue weighted by Gasteiger charge is -2.04. The second-order valence-electron chi connectivity index (χ2n) is 2.91. The monoisotopic (exact) mass is 268 g/mol. The van der Waals surface area contributed by atoms with Gasteiger partial charge >= 0.3 is 0 Å². The van der Waals surface area contributed by atoms with Crippen LogP contribution in [0.2, 0.25) is 0 Å². The van der Waals surface area contributed by atoms with Gasteiger partial charge in [0.2, 0.25) is 0 Å². The largest absolute Gasteiger partial charge is 0.496 e. The average molecular weight is 269 g/mol. The normalized spacial score (nSPS) is 10.3. The molecule has 0 saturated heterocycles. The summed E-state index contributed by atoms with van der Waals surface area (Å²) in [5.74, 6) is 1.36. The molecule has 0 aliphatic rings. The number of benzene rings is 1. The topological polar surface area (TPSA) is 61.3 Å². The Morgan fingerprint density at radius 3 is 2.87 bits per heavy atom. The van der Waals surface area contributed by atoms with Crippen molar-refractivity contribution in [3.05, 3.63) is 28.9 Å². The summed E-state index contributed by atoms with van der Waals surface area (Å²) in [6.07, 6.45) is 1.58.